The highest BCUT2D eigenvalue weighted by atomic mass is 35.5. The van der Waals surface area contributed by atoms with Gasteiger partial charge < -0.3 is 14.5 Å². The Morgan fingerprint density at radius 1 is 1.06 bits per heavy atom. The average molecular weight is 495 g/mol. The number of halogens is 1. The maximum absolute atomic E-state index is 11.5. The third kappa shape index (κ3) is 5.13. The van der Waals surface area contributed by atoms with Gasteiger partial charge in [0.1, 0.15) is 6.10 Å². The number of carbonyl (C=O) groups excluding carboxylic acids is 1. The Morgan fingerprint density at radius 2 is 1.77 bits per heavy atom. The van der Waals surface area contributed by atoms with Gasteiger partial charge in [0.2, 0.25) is 0 Å². The van der Waals surface area contributed by atoms with Crippen LogP contribution in [0.5, 0.6) is 6.01 Å². The first-order valence-electron chi connectivity index (χ1n) is 12.0. The minimum atomic E-state index is -0.558. The summed E-state index contributed by atoms with van der Waals surface area (Å²) in [4.78, 5) is 34.4. The number of benzene rings is 1. The molecule has 35 heavy (non-hydrogen) atoms. The average Bonchev–Trinajstić information content (AvgIpc) is 3.29. The van der Waals surface area contributed by atoms with Gasteiger partial charge in [-0.1, -0.05) is 41.9 Å². The number of nitrogens with one attached hydrogen (secondary N) is 1. The number of rotatable bonds is 6. The van der Waals surface area contributed by atoms with Gasteiger partial charge in [-0.3, -0.25) is 4.79 Å². The fourth-order valence-electron chi connectivity index (χ4n) is 4.93. The van der Waals surface area contributed by atoms with Crippen molar-refractivity contribution in [1.29, 1.82) is 0 Å². The van der Waals surface area contributed by atoms with E-state index in [1.54, 1.807) is 7.11 Å². The Kier molecular flexibility index (Phi) is 6.92. The highest BCUT2D eigenvalue weighted by Gasteiger charge is 2.24. The smallest absolute Gasteiger partial charge is 0.296 e. The second kappa shape index (κ2) is 10.3. The lowest BCUT2D eigenvalue weighted by molar-refractivity contribution is -0.121. The maximum atomic E-state index is 11.5. The number of hydrogen-bond donors (Lipinski definition) is 1. The topological polar surface area (TPSA) is 107 Å². The van der Waals surface area contributed by atoms with Crippen LogP contribution < -0.4 is 4.74 Å². The Morgan fingerprint density at radius 3 is 2.43 bits per heavy atom. The number of aromatic amines is 1. The number of fused-ring (bicyclic) bond motifs is 1. The summed E-state index contributed by atoms with van der Waals surface area (Å²) in [5, 5.41) is 3.09. The van der Waals surface area contributed by atoms with Crippen molar-refractivity contribution in [2.45, 2.75) is 57.2 Å². The maximum Gasteiger partial charge on any atom is 0.296 e. The van der Waals surface area contributed by atoms with Crippen LogP contribution in [-0.4, -0.2) is 40.2 Å². The molecule has 0 aliphatic heterocycles. The van der Waals surface area contributed by atoms with E-state index in [1.807, 2.05) is 36.4 Å². The molecule has 0 radical (unpaired) electrons. The predicted molar refractivity (Wildman–Crippen MR) is 134 cm³/mol. The van der Waals surface area contributed by atoms with Crippen LogP contribution in [0.4, 0.5) is 0 Å². The van der Waals surface area contributed by atoms with Crippen LogP contribution >= 0.6 is 11.6 Å². The van der Waals surface area contributed by atoms with Gasteiger partial charge in [-0.15, -0.1) is 4.91 Å². The van der Waals surface area contributed by atoms with Crippen molar-refractivity contribution in [2.24, 2.45) is 11.1 Å². The Bertz CT molecular complexity index is 1260. The summed E-state index contributed by atoms with van der Waals surface area (Å²) in [7, 11) is 1.76. The van der Waals surface area contributed by atoms with E-state index in [2.05, 4.69) is 15.1 Å². The molecule has 1 unspecified atom stereocenters. The lowest BCUT2D eigenvalue weighted by atomic mass is 9.86. The van der Waals surface area contributed by atoms with Gasteiger partial charge in [-0.2, -0.15) is 4.98 Å². The van der Waals surface area contributed by atoms with Gasteiger partial charge in [0.15, 0.2) is 5.65 Å². The molecule has 2 heterocycles. The monoisotopic (exact) mass is 494 g/mol. The number of pyridine rings is 1. The molecular formula is C26H27ClN4O4. The van der Waals surface area contributed by atoms with Crippen LogP contribution in [0.3, 0.4) is 0 Å². The third-order valence-electron chi connectivity index (χ3n) is 7.02. The Labute approximate surface area is 208 Å². The summed E-state index contributed by atoms with van der Waals surface area (Å²) in [6.07, 6.45) is 8.20. The molecule has 3 aromatic rings. The number of amides is 1. The zero-order valence-corrected chi connectivity index (χ0v) is 20.3. The number of nitrogens with zero attached hydrogens (tertiary/aromatic N) is 3. The van der Waals surface area contributed by atoms with E-state index < -0.39 is 5.91 Å². The summed E-state index contributed by atoms with van der Waals surface area (Å²) >= 11 is 6.58. The molecule has 0 bridgehead atoms. The van der Waals surface area contributed by atoms with Crippen LogP contribution in [0.25, 0.3) is 28.0 Å². The second-order valence-corrected chi connectivity index (χ2v) is 9.60. The molecular weight excluding hydrogens is 468 g/mol. The molecule has 9 heteroatoms. The van der Waals surface area contributed by atoms with Crippen molar-refractivity contribution in [3.63, 3.8) is 0 Å². The standard InChI is InChI=1S/C26H27ClN4O4/c1-34-19-10-12-20(13-11-19)35-26-28-22-14-21(27)23(29-24(22)30-26)17-6-2-15(3-7-17)16-4-8-18(9-5-16)25(32)31-33/h2-4,6-7,14,18-20H,5,8-13H2,1H3,(H,28,29,30)/t18?,19-,20+. The third-order valence-corrected chi connectivity index (χ3v) is 7.31. The van der Waals surface area contributed by atoms with Crippen molar-refractivity contribution in [3.05, 3.63) is 51.9 Å². The summed E-state index contributed by atoms with van der Waals surface area (Å²) < 4.78 is 11.5. The van der Waals surface area contributed by atoms with Crippen molar-refractivity contribution in [3.8, 4) is 17.3 Å². The molecule has 1 atom stereocenters. The van der Waals surface area contributed by atoms with Crippen LogP contribution in [-0.2, 0) is 9.53 Å². The summed E-state index contributed by atoms with van der Waals surface area (Å²) in [5.41, 5.74) is 5.08. The molecule has 2 aliphatic rings. The van der Waals surface area contributed by atoms with Crippen molar-refractivity contribution >= 4 is 34.2 Å². The zero-order valence-electron chi connectivity index (χ0n) is 19.5. The molecule has 1 aromatic carbocycles. The first kappa shape index (κ1) is 23.6. The number of imidazole rings is 1. The minimum absolute atomic E-state index is 0.113. The van der Waals surface area contributed by atoms with Crippen LogP contribution in [0, 0.1) is 10.8 Å². The number of methoxy groups -OCH3 is 1. The highest BCUT2D eigenvalue weighted by molar-refractivity contribution is 6.33. The normalized spacial score (nSPS) is 22.6. The number of ether oxygens (including phenoxy) is 2. The minimum Gasteiger partial charge on any atom is -0.461 e. The Balaban J connectivity index is 1.31. The van der Waals surface area contributed by atoms with Gasteiger partial charge >= 0.3 is 0 Å². The lowest BCUT2D eigenvalue weighted by Gasteiger charge is -2.27. The number of hydrogen-bond acceptors (Lipinski definition) is 6. The largest absolute Gasteiger partial charge is 0.461 e. The molecule has 182 valence electrons. The molecule has 0 saturated heterocycles. The number of nitroso groups, excluding NO2 is 1. The SMILES string of the molecule is CO[C@H]1CC[C@@H](Oc2nc3nc(-c4ccc(C5=CCC(C(=O)N=O)CC5)cc4)c(Cl)cc3[nH]2)CC1. The summed E-state index contributed by atoms with van der Waals surface area (Å²) in [5.74, 6) is -0.856. The molecule has 2 aromatic heterocycles. The summed E-state index contributed by atoms with van der Waals surface area (Å²) in [6, 6.07) is 10.3. The van der Waals surface area contributed by atoms with E-state index in [1.165, 1.54) is 0 Å². The van der Waals surface area contributed by atoms with Gasteiger partial charge in [0, 0.05) is 23.8 Å². The molecule has 1 amide bonds. The van der Waals surface area contributed by atoms with Crippen LogP contribution in [0.1, 0.15) is 50.5 Å². The predicted octanol–water partition coefficient (Wildman–Crippen LogP) is 6.09. The van der Waals surface area contributed by atoms with Crippen molar-refractivity contribution < 1.29 is 14.3 Å². The molecule has 1 N–H and O–H groups in total. The molecule has 1 saturated carbocycles. The van der Waals surface area contributed by atoms with E-state index >= 15 is 0 Å². The molecule has 8 nitrogen and oxygen atoms in total. The number of allylic oxidation sites excluding steroid dienone is 2. The van der Waals surface area contributed by atoms with E-state index in [-0.39, 0.29) is 12.0 Å². The molecule has 0 spiro atoms. The van der Waals surface area contributed by atoms with Crippen LogP contribution in [0.2, 0.25) is 5.02 Å². The van der Waals surface area contributed by atoms with E-state index in [0.29, 0.717) is 41.3 Å². The van der Waals surface area contributed by atoms with Crippen molar-refractivity contribution in [1.82, 2.24) is 15.0 Å². The molecule has 1 fully saturated rings. The van der Waals surface area contributed by atoms with Gasteiger partial charge in [-0.05, 0) is 62.1 Å². The number of H-pyrrole nitrogens is 1. The fraction of sp³-hybridized carbons (Fsp3) is 0.423. The fourth-order valence-corrected chi connectivity index (χ4v) is 5.20. The van der Waals surface area contributed by atoms with Gasteiger partial charge in [0.25, 0.3) is 11.9 Å². The van der Waals surface area contributed by atoms with Gasteiger partial charge in [-0.25, -0.2) is 4.98 Å². The number of aromatic nitrogens is 3. The Hall–Kier alpha value is -3.10. The van der Waals surface area contributed by atoms with E-state index in [0.717, 1.165) is 54.3 Å². The van der Waals surface area contributed by atoms with Gasteiger partial charge in [0.05, 0.1) is 22.3 Å². The molecule has 5 rings (SSSR count). The summed E-state index contributed by atoms with van der Waals surface area (Å²) in [6.45, 7) is 0. The highest BCUT2D eigenvalue weighted by Crippen LogP contribution is 2.34. The zero-order chi connectivity index (χ0) is 24.4. The number of carbonyl (C=O) groups is 1. The van der Waals surface area contributed by atoms with Crippen LogP contribution in [0.15, 0.2) is 41.6 Å². The second-order valence-electron chi connectivity index (χ2n) is 9.19. The molecule has 2 aliphatic carbocycles. The quantitative estimate of drug-likeness (QED) is 0.415. The lowest BCUT2D eigenvalue weighted by Crippen LogP contribution is -2.27. The van der Waals surface area contributed by atoms with Crippen molar-refractivity contribution in [2.75, 3.05) is 7.11 Å². The first-order valence-corrected chi connectivity index (χ1v) is 12.3. The van der Waals surface area contributed by atoms with E-state index in [9.17, 15) is 9.70 Å². The first-order chi connectivity index (χ1) is 17.0. The van der Waals surface area contributed by atoms with E-state index in [4.69, 9.17) is 26.1 Å².